The van der Waals surface area contributed by atoms with Crippen LogP contribution >= 0.6 is 0 Å². The second-order valence-electron chi connectivity index (χ2n) is 8.83. The fourth-order valence-corrected chi connectivity index (χ4v) is 5.24. The Morgan fingerprint density at radius 1 is 1.20 bits per heavy atom. The maximum Gasteiger partial charge on any atom is 0.193 e. The number of benzene rings is 1. The summed E-state index contributed by atoms with van der Waals surface area (Å²) in [6.07, 6.45) is 8.26. The Balaban J connectivity index is 1.35. The highest BCUT2D eigenvalue weighted by molar-refractivity contribution is 5.80. The number of nitrogens with one attached hydrogen (secondary N) is 1. The van der Waals surface area contributed by atoms with Gasteiger partial charge in [-0.1, -0.05) is 42.0 Å². The first-order chi connectivity index (χ1) is 14.8. The first-order valence-electron chi connectivity index (χ1n) is 11.9. The minimum Gasteiger partial charge on any atom is -0.377 e. The van der Waals surface area contributed by atoms with Crippen molar-refractivity contribution < 1.29 is 4.74 Å². The summed E-state index contributed by atoms with van der Waals surface area (Å²) < 4.78 is 5.42. The van der Waals surface area contributed by atoms with E-state index in [1.807, 2.05) is 0 Å². The predicted octanol–water partition coefficient (Wildman–Crippen LogP) is 3.68. The molecular formula is C25H38N4O. The normalized spacial score (nSPS) is 25.6. The Morgan fingerprint density at radius 3 is 2.90 bits per heavy atom. The number of ether oxygens (including phenoxy) is 1. The van der Waals surface area contributed by atoms with Crippen molar-refractivity contribution in [3.63, 3.8) is 0 Å². The molecule has 0 saturated carbocycles. The Bertz CT molecular complexity index is 717. The van der Waals surface area contributed by atoms with Crippen LogP contribution in [0, 0.1) is 5.92 Å². The van der Waals surface area contributed by atoms with Crippen molar-refractivity contribution in [1.82, 2.24) is 15.1 Å². The summed E-state index contributed by atoms with van der Waals surface area (Å²) >= 11 is 0. The number of nitrogens with zero attached hydrogens (tertiary/aromatic N) is 3. The van der Waals surface area contributed by atoms with Gasteiger partial charge in [0.05, 0.1) is 13.2 Å². The topological polar surface area (TPSA) is 40.1 Å². The molecule has 0 aromatic heterocycles. The number of guanidine groups is 1. The van der Waals surface area contributed by atoms with Crippen molar-refractivity contribution in [2.24, 2.45) is 10.9 Å². The summed E-state index contributed by atoms with van der Waals surface area (Å²) in [4.78, 5) is 10.3. The van der Waals surface area contributed by atoms with E-state index in [4.69, 9.17) is 9.73 Å². The Labute approximate surface area is 182 Å². The second kappa shape index (κ2) is 11.0. The lowest BCUT2D eigenvalue weighted by atomic mass is 9.83. The SMILES string of the molecule is CCNC(=NCCC1=CCOCC1)N1CCC2C(CCCN2Cc2ccccc2)C1. The highest BCUT2D eigenvalue weighted by Gasteiger charge is 2.36. The maximum absolute atomic E-state index is 5.42. The second-order valence-corrected chi connectivity index (χ2v) is 8.83. The number of hydrogen-bond donors (Lipinski definition) is 1. The van der Waals surface area contributed by atoms with E-state index >= 15 is 0 Å². The molecule has 2 atom stereocenters. The molecule has 2 unspecified atom stereocenters. The number of aliphatic imine (C=N–C) groups is 1. The van der Waals surface area contributed by atoms with E-state index in [-0.39, 0.29) is 0 Å². The van der Waals surface area contributed by atoms with Crippen molar-refractivity contribution in [2.45, 2.75) is 51.6 Å². The van der Waals surface area contributed by atoms with Crippen LogP contribution in [0.1, 0.15) is 44.6 Å². The molecule has 3 heterocycles. The lowest BCUT2D eigenvalue weighted by Crippen LogP contribution is -2.56. The van der Waals surface area contributed by atoms with Crippen molar-refractivity contribution in [1.29, 1.82) is 0 Å². The molecule has 164 valence electrons. The van der Waals surface area contributed by atoms with Crippen LogP contribution < -0.4 is 5.32 Å². The van der Waals surface area contributed by atoms with Gasteiger partial charge >= 0.3 is 0 Å². The van der Waals surface area contributed by atoms with Gasteiger partial charge in [0.25, 0.3) is 0 Å². The van der Waals surface area contributed by atoms with Gasteiger partial charge in [-0.3, -0.25) is 9.89 Å². The third-order valence-corrected chi connectivity index (χ3v) is 6.80. The van der Waals surface area contributed by atoms with Crippen molar-refractivity contribution in [3.05, 3.63) is 47.5 Å². The Hall–Kier alpha value is -1.85. The Kier molecular flexibility index (Phi) is 7.82. The molecule has 2 saturated heterocycles. The largest absolute Gasteiger partial charge is 0.377 e. The summed E-state index contributed by atoms with van der Waals surface area (Å²) in [6, 6.07) is 11.7. The molecule has 2 fully saturated rings. The summed E-state index contributed by atoms with van der Waals surface area (Å²) in [5.41, 5.74) is 2.95. The molecule has 1 aromatic carbocycles. The van der Waals surface area contributed by atoms with Crippen LogP contribution in [0.25, 0.3) is 0 Å². The fourth-order valence-electron chi connectivity index (χ4n) is 5.24. The monoisotopic (exact) mass is 410 g/mol. The third-order valence-electron chi connectivity index (χ3n) is 6.80. The number of rotatable bonds is 6. The molecule has 0 bridgehead atoms. The van der Waals surface area contributed by atoms with E-state index < -0.39 is 0 Å². The fraction of sp³-hybridized carbons (Fsp3) is 0.640. The lowest BCUT2D eigenvalue weighted by molar-refractivity contribution is 0.0372. The van der Waals surface area contributed by atoms with Crippen LogP contribution in [0.4, 0.5) is 0 Å². The average molecular weight is 411 g/mol. The van der Waals surface area contributed by atoms with Gasteiger partial charge in [0.2, 0.25) is 0 Å². The standard InChI is InChI=1S/C25H38N4O/c1-2-26-25(27-14-10-21-12-17-30-18-13-21)29-16-11-24-23(20-29)9-6-15-28(24)19-22-7-4-3-5-8-22/h3-5,7-8,12,23-24H,2,6,9-11,13-20H2,1H3,(H,26,27). The highest BCUT2D eigenvalue weighted by Crippen LogP contribution is 2.31. The van der Waals surface area contributed by atoms with Gasteiger partial charge < -0.3 is 15.0 Å². The molecule has 5 heteroatoms. The number of hydrogen-bond acceptors (Lipinski definition) is 3. The van der Waals surface area contributed by atoms with Crippen LogP contribution in [0.15, 0.2) is 47.0 Å². The lowest BCUT2D eigenvalue weighted by Gasteiger charge is -2.48. The van der Waals surface area contributed by atoms with E-state index in [0.29, 0.717) is 6.04 Å². The first kappa shape index (κ1) is 21.4. The van der Waals surface area contributed by atoms with Gasteiger partial charge in [-0.05, 0) is 57.1 Å². The van der Waals surface area contributed by atoms with Gasteiger partial charge in [-0.25, -0.2) is 0 Å². The molecule has 3 aliphatic heterocycles. The molecule has 1 N–H and O–H groups in total. The van der Waals surface area contributed by atoms with E-state index in [2.05, 4.69) is 58.4 Å². The average Bonchev–Trinajstić information content (AvgIpc) is 2.80. The molecule has 0 radical (unpaired) electrons. The highest BCUT2D eigenvalue weighted by atomic mass is 16.5. The van der Waals surface area contributed by atoms with Gasteiger partial charge in [0.15, 0.2) is 5.96 Å². The molecule has 0 spiro atoms. The van der Waals surface area contributed by atoms with Gasteiger partial charge in [-0.2, -0.15) is 0 Å². The zero-order chi connectivity index (χ0) is 20.6. The van der Waals surface area contributed by atoms with Crippen molar-refractivity contribution in [3.8, 4) is 0 Å². The first-order valence-corrected chi connectivity index (χ1v) is 11.9. The number of likely N-dealkylation sites (tertiary alicyclic amines) is 2. The van der Waals surface area contributed by atoms with Crippen LogP contribution in [0.3, 0.4) is 0 Å². The summed E-state index contributed by atoms with van der Waals surface area (Å²) in [7, 11) is 0. The minimum atomic E-state index is 0.713. The molecule has 0 amide bonds. The smallest absolute Gasteiger partial charge is 0.193 e. The quantitative estimate of drug-likeness (QED) is 0.441. The number of piperidine rings is 2. The maximum atomic E-state index is 5.42. The molecule has 3 aliphatic rings. The zero-order valence-corrected chi connectivity index (χ0v) is 18.6. The summed E-state index contributed by atoms with van der Waals surface area (Å²) in [6.45, 7) is 10.2. The van der Waals surface area contributed by atoms with Gasteiger partial charge in [-0.15, -0.1) is 0 Å². The van der Waals surface area contributed by atoms with E-state index in [1.54, 1.807) is 0 Å². The van der Waals surface area contributed by atoms with Crippen LogP contribution in [-0.2, 0) is 11.3 Å². The van der Waals surface area contributed by atoms with Gasteiger partial charge in [0, 0.05) is 38.8 Å². The molecule has 30 heavy (non-hydrogen) atoms. The Morgan fingerprint density at radius 2 is 2.10 bits per heavy atom. The minimum absolute atomic E-state index is 0.713. The summed E-state index contributed by atoms with van der Waals surface area (Å²) in [5, 5.41) is 3.55. The van der Waals surface area contributed by atoms with Crippen LogP contribution in [0.2, 0.25) is 0 Å². The molecular weight excluding hydrogens is 372 g/mol. The van der Waals surface area contributed by atoms with Crippen molar-refractivity contribution in [2.75, 3.05) is 45.9 Å². The van der Waals surface area contributed by atoms with Crippen LogP contribution in [0.5, 0.6) is 0 Å². The van der Waals surface area contributed by atoms with E-state index in [9.17, 15) is 0 Å². The van der Waals surface area contributed by atoms with Crippen LogP contribution in [-0.4, -0.2) is 67.7 Å². The predicted molar refractivity (Wildman–Crippen MR) is 124 cm³/mol. The van der Waals surface area contributed by atoms with Gasteiger partial charge in [0.1, 0.15) is 0 Å². The molecule has 0 aliphatic carbocycles. The molecule has 5 nitrogen and oxygen atoms in total. The number of fused-ring (bicyclic) bond motifs is 1. The summed E-state index contributed by atoms with van der Waals surface area (Å²) in [5.74, 6) is 1.86. The van der Waals surface area contributed by atoms with Crippen molar-refractivity contribution >= 4 is 5.96 Å². The van der Waals surface area contributed by atoms with E-state index in [0.717, 1.165) is 70.7 Å². The molecule has 4 rings (SSSR count). The molecule has 1 aromatic rings. The van der Waals surface area contributed by atoms with E-state index in [1.165, 1.54) is 36.9 Å². The third kappa shape index (κ3) is 5.64. The zero-order valence-electron chi connectivity index (χ0n) is 18.6.